The molecule has 2 N–H and O–H groups in total. The van der Waals surface area contributed by atoms with Crippen molar-refractivity contribution in [1.29, 1.82) is 0 Å². The molecule has 0 amide bonds. The summed E-state index contributed by atoms with van der Waals surface area (Å²) in [5.74, 6) is -0.256. The van der Waals surface area contributed by atoms with Crippen molar-refractivity contribution in [1.82, 2.24) is 5.32 Å². The van der Waals surface area contributed by atoms with Crippen LogP contribution >= 0.6 is 0 Å². The first-order chi connectivity index (χ1) is 8.16. The molecule has 0 aromatic rings. The van der Waals surface area contributed by atoms with Gasteiger partial charge >= 0.3 is 5.97 Å². The SMILES string of the molecule is O=C(O)CCC(=O)C1CCC2CCCC=C2N1. The third kappa shape index (κ3) is 3.08. The second kappa shape index (κ2) is 5.34. The molecule has 4 nitrogen and oxygen atoms in total. The topological polar surface area (TPSA) is 66.4 Å². The molecule has 0 aromatic carbocycles. The molecule has 17 heavy (non-hydrogen) atoms. The Hall–Kier alpha value is -1.32. The Morgan fingerprint density at radius 2 is 2.12 bits per heavy atom. The van der Waals surface area contributed by atoms with E-state index in [1.807, 2.05) is 0 Å². The van der Waals surface area contributed by atoms with Gasteiger partial charge in [0.15, 0.2) is 5.78 Å². The Morgan fingerprint density at radius 1 is 1.29 bits per heavy atom. The minimum absolute atomic E-state index is 0.0392. The highest BCUT2D eigenvalue weighted by molar-refractivity contribution is 5.87. The number of aliphatic carboxylic acids is 1. The fourth-order valence-corrected chi connectivity index (χ4v) is 2.71. The lowest BCUT2D eigenvalue weighted by Gasteiger charge is -2.34. The predicted octanol–water partition coefficient (Wildman–Crippen LogP) is 1.86. The fraction of sp³-hybridized carbons (Fsp3) is 0.692. The summed E-state index contributed by atoms with van der Waals surface area (Å²) in [6.07, 6.45) is 7.75. The first-order valence-electron chi connectivity index (χ1n) is 6.38. The van der Waals surface area contributed by atoms with E-state index in [0.29, 0.717) is 5.92 Å². The number of hydrogen-bond donors (Lipinski definition) is 2. The highest BCUT2D eigenvalue weighted by atomic mass is 16.4. The van der Waals surface area contributed by atoms with E-state index in [1.165, 1.54) is 18.5 Å². The molecule has 0 saturated carbocycles. The van der Waals surface area contributed by atoms with Crippen LogP contribution in [-0.4, -0.2) is 22.9 Å². The number of fused-ring (bicyclic) bond motifs is 1. The van der Waals surface area contributed by atoms with E-state index >= 15 is 0 Å². The number of rotatable bonds is 4. The maximum Gasteiger partial charge on any atom is 0.303 e. The van der Waals surface area contributed by atoms with Gasteiger partial charge in [-0.1, -0.05) is 6.08 Å². The van der Waals surface area contributed by atoms with Gasteiger partial charge in [-0.05, 0) is 38.0 Å². The summed E-state index contributed by atoms with van der Waals surface area (Å²) in [6, 6.07) is -0.157. The number of nitrogens with one attached hydrogen (secondary N) is 1. The Balaban J connectivity index is 1.88. The zero-order valence-corrected chi connectivity index (χ0v) is 9.95. The van der Waals surface area contributed by atoms with Crippen LogP contribution in [0.15, 0.2) is 11.8 Å². The van der Waals surface area contributed by atoms with Crippen molar-refractivity contribution in [3.05, 3.63) is 11.8 Å². The molecule has 0 radical (unpaired) electrons. The van der Waals surface area contributed by atoms with Crippen molar-refractivity contribution in [2.75, 3.05) is 0 Å². The Bertz CT molecular complexity index is 349. The third-order valence-electron chi connectivity index (χ3n) is 3.68. The van der Waals surface area contributed by atoms with Crippen molar-refractivity contribution in [2.45, 2.75) is 51.0 Å². The number of carbonyl (C=O) groups excluding carboxylic acids is 1. The van der Waals surface area contributed by atoms with Crippen LogP contribution in [0, 0.1) is 5.92 Å². The average molecular weight is 237 g/mol. The molecule has 1 aliphatic heterocycles. The minimum Gasteiger partial charge on any atom is -0.481 e. The number of ketones is 1. The van der Waals surface area contributed by atoms with Gasteiger partial charge < -0.3 is 10.4 Å². The van der Waals surface area contributed by atoms with Gasteiger partial charge in [-0.3, -0.25) is 9.59 Å². The van der Waals surface area contributed by atoms with Gasteiger partial charge in [0.05, 0.1) is 12.5 Å². The van der Waals surface area contributed by atoms with Crippen LogP contribution in [0.5, 0.6) is 0 Å². The largest absolute Gasteiger partial charge is 0.481 e. The summed E-state index contributed by atoms with van der Waals surface area (Å²) in [7, 11) is 0. The molecule has 1 heterocycles. The number of Topliss-reactive ketones (excluding diaryl/α,β-unsaturated/α-hetero) is 1. The van der Waals surface area contributed by atoms with Crippen LogP contribution in [0.1, 0.15) is 44.9 Å². The van der Waals surface area contributed by atoms with Crippen LogP contribution in [0.2, 0.25) is 0 Å². The molecule has 0 aromatic heterocycles. The molecular formula is C13H19NO3. The second-order valence-corrected chi connectivity index (χ2v) is 4.92. The second-order valence-electron chi connectivity index (χ2n) is 4.92. The van der Waals surface area contributed by atoms with E-state index < -0.39 is 5.97 Å². The molecule has 2 unspecified atom stereocenters. The highest BCUT2D eigenvalue weighted by Crippen LogP contribution is 2.31. The van der Waals surface area contributed by atoms with Gasteiger partial charge in [-0.25, -0.2) is 0 Å². The summed E-state index contributed by atoms with van der Waals surface area (Å²) in [4.78, 5) is 22.3. The monoisotopic (exact) mass is 237 g/mol. The van der Waals surface area contributed by atoms with Crippen LogP contribution in [0.25, 0.3) is 0 Å². The minimum atomic E-state index is -0.899. The number of carboxylic acids is 1. The molecule has 2 rings (SSSR count). The molecule has 1 saturated heterocycles. The van der Waals surface area contributed by atoms with E-state index in [4.69, 9.17) is 5.11 Å². The summed E-state index contributed by atoms with van der Waals surface area (Å²) in [6.45, 7) is 0. The van der Waals surface area contributed by atoms with E-state index in [0.717, 1.165) is 19.3 Å². The zero-order chi connectivity index (χ0) is 12.3. The lowest BCUT2D eigenvalue weighted by molar-refractivity contribution is -0.138. The van der Waals surface area contributed by atoms with Gasteiger partial charge in [-0.2, -0.15) is 0 Å². The third-order valence-corrected chi connectivity index (χ3v) is 3.68. The molecular weight excluding hydrogens is 218 g/mol. The molecule has 0 bridgehead atoms. The standard InChI is InChI=1S/C13H19NO3/c15-12(7-8-13(16)17)11-6-5-9-3-1-2-4-10(9)14-11/h4,9,11,14H,1-3,5-8H2,(H,16,17). The number of piperidine rings is 1. The predicted molar refractivity (Wildman–Crippen MR) is 63.5 cm³/mol. The zero-order valence-electron chi connectivity index (χ0n) is 9.95. The van der Waals surface area contributed by atoms with Gasteiger partial charge in [0.1, 0.15) is 0 Å². The summed E-state index contributed by atoms with van der Waals surface area (Å²) in [5, 5.41) is 11.9. The van der Waals surface area contributed by atoms with Crippen LogP contribution in [0.4, 0.5) is 0 Å². The Labute approximate surface area is 101 Å². The lowest BCUT2D eigenvalue weighted by atomic mass is 9.82. The van der Waals surface area contributed by atoms with E-state index in [1.54, 1.807) is 0 Å². The maximum atomic E-state index is 11.8. The summed E-state index contributed by atoms with van der Waals surface area (Å²) < 4.78 is 0. The number of carbonyl (C=O) groups is 2. The van der Waals surface area contributed by atoms with Crippen molar-refractivity contribution in [3.63, 3.8) is 0 Å². The number of carboxylic acid groups (broad SMARTS) is 1. The van der Waals surface area contributed by atoms with E-state index in [-0.39, 0.29) is 24.7 Å². The smallest absolute Gasteiger partial charge is 0.303 e. The Kier molecular flexibility index (Phi) is 3.82. The van der Waals surface area contributed by atoms with Crippen LogP contribution in [0.3, 0.4) is 0 Å². The van der Waals surface area contributed by atoms with Gasteiger partial charge in [0, 0.05) is 12.1 Å². The molecule has 2 atom stereocenters. The van der Waals surface area contributed by atoms with Crippen LogP contribution in [-0.2, 0) is 9.59 Å². The normalized spacial score (nSPS) is 27.6. The number of hydrogen-bond acceptors (Lipinski definition) is 3. The molecule has 94 valence electrons. The quantitative estimate of drug-likeness (QED) is 0.783. The van der Waals surface area contributed by atoms with E-state index in [2.05, 4.69) is 11.4 Å². The molecule has 0 spiro atoms. The summed E-state index contributed by atoms with van der Waals surface area (Å²) >= 11 is 0. The molecule has 2 aliphatic rings. The van der Waals surface area contributed by atoms with E-state index in [9.17, 15) is 9.59 Å². The van der Waals surface area contributed by atoms with Gasteiger partial charge in [0.2, 0.25) is 0 Å². The van der Waals surface area contributed by atoms with Crippen molar-refractivity contribution in [2.24, 2.45) is 5.92 Å². The molecule has 4 heteroatoms. The van der Waals surface area contributed by atoms with Crippen LogP contribution < -0.4 is 5.32 Å². The van der Waals surface area contributed by atoms with Crippen molar-refractivity contribution in [3.8, 4) is 0 Å². The fourth-order valence-electron chi connectivity index (χ4n) is 2.71. The first kappa shape index (κ1) is 12.1. The maximum absolute atomic E-state index is 11.8. The average Bonchev–Trinajstić information content (AvgIpc) is 2.35. The highest BCUT2D eigenvalue weighted by Gasteiger charge is 2.29. The Morgan fingerprint density at radius 3 is 2.88 bits per heavy atom. The van der Waals surface area contributed by atoms with Gasteiger partial charge in [0.25, 0.3) is 0 Å². The van der Waals surface area contributed by atoms with Crippen molar-refractivity contribution >= 4 is 11.8 Å². The van der Waals surface area contributed by atoms with Gasteiger partial charge in [-0.15, -0.1) is 0 Å². The summed E-state index contributed by atoms with van der Waals surface area (Å²) in [5.41, 5.74) is 1.22. The molecule has 1 fully saturated rings. The number of allylic oxidation sites excluding steroid dienone is 2. The lowest BCUT2D eigenvalue weighted by Crippen LogP contribution is -2.43. The van der Waals surface area contributed by atoms with Crippen molar-refractivity contribution < 1.29 is 14.7 Å². The first-order valence-corrected chi connectivity index (χ1v) is 6.38. The molecule has 1 aliphatic carbocycles.